The molecule has 3 heteroatoms. The van der Waals surface area contributed by atoms with Crippen LogP contribution in [-0.2, 0) is 0 Å². The molecular formula is C13H11NO2. The van der Waals surface area contributed by atoms with Crippen molar-refractivity contribution in [3.05, 3.63) is 59.9 Å². The van der Waals surface area contributed by atoms with Gasteiger partial charge < -0.3 is 4.74 Å². The Kier molecular flexibility index (Phi) is 2.96. The van der Waals surface area contributed by atoms with Crippen LogP contribution >= 0.6 is 0 Å². The van der Waals surface area contributed by atoms with Crippen molar-refractivity contribution in [2.75, 3.05) is 0 Å². The van der Waals surface area contributed by atoms with Gasteiger partial charge in [0.1, 0.15) is 11.4 Å². The van der Waals surface area contributed by atoms with Crippen LogP contribution in [0.4, 0.5) is 0 Å². The molecule has 0 amide bonds. The molecule has 0 spiro atoms. The van der Waals surface area contributed by atoms with E-state index in [4.69, 9.17) is 4.74 Å². The predicted octanol–water partition coefficient (Wildman–Crippen LogP) is 2.61. The number of aromatic nitrogens is 1. The molecule has 0 aliphatic rings. The smallest absolute Gasteiger partial charge is 0.362 e. The van der Waals surface area contributed by atoms with Gasteiger partial charge in [-0.2, -0.15) is 0 Å². The van der Waals surface area contributed by atoms with E-state index in [1.807, 2.05) is 19.1 Å². The van der Waals surface area contributed by atoms with Crippen LogP contribution in [0.15, 0.2) is 48.7 Å². The molecule has 1 heterocycles. The van der Waals surface area contributed by atoms with Crippen molar-refractivity contribution in [1.82, 2.24) is 4.98 Å². The molecule has 1 aromatic carbocycles. The molecule has 0 saturated heterocycles. The fourth-order valence-corrected chi connectivity index (χ4v) is 1.25. The topological polar surface area (TPSA) is 39.2 Å². The van der Waals surface area contributed by atoms with E-state index in [1.54, 1.807) is 36.5 Å². The minimum absolute atomic E-state index is 0.308. The third-order valence-corrected chi connectivity index (χ3v) is 2.11. The predicted molar refractivity (Wildman–Crippen MR) is 60.4 cm³/mol. The highest BCUT2D eigenvalue weighted by molar-refractivity contribution is 5.88. The SMILES string of the molecule is Cc1ccc(OC(=O)c2ccccn2)cc1. The maximum atomic E-state index is 11.6. The lowest BCUT2D eigenvalue weighted by atomic mass is 10.2. The van der Waals surface area contributed by atoms with Crippen LogP contribution in [-0.4, -0.2) is 11.0 Å². The van der Waals surface area contributed by atoms with Crippen LogP contribution in [0.25, 0.3) is 0 Å². The first-order valence-electron chi connectivity index (χ1n) is 4.95. The van der Waals surface area contributed by atoms with Gasteiger partial charge in [0.15, 0.2) is 0 Å². The Morgan fingerprint density at radius 1 is 1.12 bits per heavy atom. The van der Waals surface area contributed by atoms with Crippen LogP contribution in [0, 0.1) is 6.92 Å². The Bertz CT molecular complexity index is 477. The molecule has 0 bridgehead atoms. The summed E-state index contributed by atoms with van der Waals surface area (Å²) in [6.07, 6.45) is 1.56. The number of pyridine rings is 1. The second kappa shape index (κ2) is 4.57. The van der Waals surface area contributed by atoms with Crippen molar-refractivity contribution >= 4 is 5.97 Å². The van der Waals surface area contributed by atoms with Crippen LogP contribution in [0.3, 0.4) is 0 Å². The molecular weight excluding hydrogens is 202 g/mol. The van der Waals surface area contributed by atoms with E-state index in [9.17, 15) is 4.79 Å². The monoisotopic (exact) mass is 213 g/mol. The zero-order valence-electron chi connectivity index (χ0n) is 8.88. The number of carbonyl (C=O) groups is 1. The van der Waals surface area contributed by atoms with Gasteiger partial charge in [-0.3, -0.25) is 0 Å². The number of hydrogen-bond acceptors (Lipinski definition) is 3. The lowest BCUT2D eigenvalue weighted by molar-refractivity contribution is 0.0728. The van der Waals surface area contributed by atoms with Gasteiger partial charge in [0.05, 0.1) is 0 Å². The van der Waals surface area contributed by atoms with Gasteiger partial charge in [-0.05, 0) is 31.2 Å². The van der Waals surface area contributed by atoms with Gasteiger partial charge in [-0.1, -0.05) is 23.8 Å². The number of benzene rings is 1. The first-order chi connectivity index (χ1) is 7.75. The van der Waals surface area contributed by atoms with E-state index in [1.165, 1.54) is 0 Å². The van der Waals surface area contributed by atoms with Gasteiger partial charge in [-0.25, -0.2) is 9.78 Å². The standard InChI is InChI=1S/C13H11NO2/c1-10-5-7-11(8-6-10)16-13(15)12-4-2-3-9-14-12/h2-9H,1H3. The molecule has 2 rings (SSSR count). The molecule has 3 nitrogen and oxygen atoms in total. The molecule has 1 aromatic heterocycles. The van der Waals surface area contributed by atoms with E-state index in [2.05, 4.69) is 4.98 Å². The minimum Gasteiger partial charge on any atom is -0.422 e. The fourth-order valence-electron chi connectivity index (χ4n) is 1.25. The van der Waals surface area contributed by atoms with E-state index < -0.39 is 5.97 Å². The molecule has 16 heavy (non-hydrogen) atoms. The second-order valence-corrected chi connectivity index (χ2v) is 3.42. The highest BCUT2D eigenvalue weighted by atomic mass is 16.5. The van der Waals surface area contributed by atoms with Crippen LogP contribution < -0.4 is 4.74 Å². The number of carbonyl (C=O) groups excluding carboxylic acids is 1. The van der Waals surface area contributed by atoms with Crippen molar-refractivity contribution in [1.29, 1.82) is 0 Å². The number of ether oxygens (including phenoxy) is 1. The largest absolute Gasteiger partial charge is 0.422 e. The van der Waals surface area contributed by atoms with Gasteiger partial charge in [0, 0.05) is 6.20 Å². The molecule has 2 aromatic rings. The molecule has 0 N–H and O–H groups in total. The van der Waals surface area contributed by atoms with Gasteiger partial charge in [0.2, 0.25) is 0 Å². The molecule has 0 atom stereocenters. The summed E-state index contributed by atoms with van der Waals surface area (Å²) in [5.74, 6) is 0.0886. The number of hydrogen-bond donors (Lipinski definition) is 0. The highest BCUT2D eigenvalue weighted by Crippen LogP contribution is 2.12. The average Bonchev–Trinajstić information content (AvgIpc) is 2.33. The molecule has 0 aliphatic heterocycles. The van der Waals surface area contributed by atoms with Crippen molar-refractivity contribution < 1.29 is 9.53 Å². The molecule has 0 radical (unpaired) electrons. The minimum atomic E-state index is -0.440. The van der Waals surface area contributed by atoms with Gasteiger partial charge >= 0.3 is 5.97 Å². The summed E-state index contributed by atoms with van der Waals surface area (Å²) in [7, 11) is 0. The summed E-state index contributed by atoms with van der Waals surface area (Å²) >= 11 is 0. The molecule has 0 aliphatic carbocycles. The van der Waals surface area contributed by atoms with Gasteiger partial charge in [0.25, 0.3) is 0 Å². The van der Waals surface area contributed by atoms with E-state index >= 15 is 0 Å². The Hall–Kier alpha value is -2.16. The lowest BCUT2D eigenvalue weighted by Crippen LogP contribution is -2.09. The van der Waals surface area contributed by atoms with Crippen LogP contribution in [0.1, 0.15) is 16.1 Å². The zero-order chi connectivity index (χ0) is 11.4. The molecule has 0 saturated carbocycles. The number of aryl methyl sites for hydroxylation is 1. The fraction of sp³-hybridized carbons (Fsp3) is 0.0769. The van der Waals surface area contributed by atoms with E-state index in [-0.39, 0.29) is 0 Å². The number of nitrogens with zero attached hydrogens (tertiary/aromatic N) is 1. The first kappa shape index (κ1) is 10.4. The summed E-state index contributed by atoms with van der Waals surface area (Å²) in [4.78, 5) is 15.5. The van der Waals surface area contributed by atoms with Crippen molar-refractivity contribution in [2.24, 2.45) is 0 Å². The number of rotatable bonds is 2. The van der Waals surface area contributed by atoms with Crippen molar-refractivity contribution in [3.63, 3.8) is 0 Å². The molecule has 80 valence electrons. The molecule has 0 fully saturated rings. The van der Waals surface area contributed by atoms with Crippen LogP contribution in [0.5, 0.6) is 5.75 Å². The third-order valence-electron chi connectivity index (χ3n) is 2.11. The van der Waals surface area contributed by atoms with Gasteiger partial charge in [-0.15, -0.1) is 0 Å². The van der Waals surface area contributed by atoms with Crippen molar-refractivity contribution in [2.45, 2.75) is 6.92 Å². The van der Waals surface area contributed by atoms with Crippen LogP contribution in [0.2, 0.25) is 0 Å². The number of esters is 1. The Balaban J connectivity index is 2.11. The quantitative estimate of drug-likeness (QED) is 0.568. The summed E-state index contributed by atoms with van der Waals surface area (Å²) in [6, 6.07) is 12.4. The van der Waals surface area contributed by atoms with E-state index in [0.29, 0.717) is 11.4 Å². The maximum Gasteiger partial charge on any atom is 0.362 e. The summed E-state index contributed by atoms with van der Waals surface area (Å²) in [5, 5.41) is 0. The second-order valence-electron chi connectivity index (χ2n) is 3.42. The summed E-state index contributed by atoms with van der Waals surface area (Å²) in [5.41, 5.74) is 1.43. The maximum absolute atomic E-state index is 11.6. The lowest BCUT2D eigenvalue weighted by Gasteiger charge is -2.03. The first-order valence-corrected chi connectivity index (χ1v) is 4.95. The Morgan fingerprint density at radius 3 is 2.50 bits per heavy atom. The third kappa shape index (κ3) is 2.45. The normalized spacial score (nSPS) is 9.81. The summed E-state index contributed by atoms with van der Waals surface area (Å²) < 4.78 is 5.15. The Morgan fingerprint density at radius 2 is 1.88 bits per heavy atom. The zero-order valence-corrected chi connectivity index (χ0v) is 8.88. The van der Waals surface area contributed by atoms with E-state index in [0.717, 1.165) is 5.56 Å². The average molecular weight is 213 g/mol. The molecule has 0 unspecified atom stereocenters. The summed E-state index contributed by atoms with van der Waals surface area (Å²) in [6.45, 7) is 1.98. The van der Waals surface area contributed by atoms with Crippen molar-refractivity contribution in [3.8, 4) is 5.75 Å². The Labute approximate surface area is 93.7 Å². The highest BCUT2D eigenvalue weighted by Gasteiger charge is 2.08.